The van der Waals surface area contributed by atoms with Gasteiger partial charge >= 0.3 is 13.6 Å². The molecule has 4 aromatic rings. The molecule has 30 heteroatoms. The molecule has 1 aromatic carbocycles. The van der Waals surface area contributed by atoms with Crippen LogP contribution in [-0.4, -0.2) is 204 Å². The molecule has 420 valence electrons. The first kappa shape index (κ1) is 60.2. The van der Waals surface area contributed by atoms with Crippen molar-refractivity contribution in [1.29, 1.82) is 0 Å². The maximum atomic E-state index is 13.6. The Bertz CT molecular complexity index is 2350. The Kier molecular flexibility index (Phi) is 25.7. The van der Waals surface area contributed by atoms with Crippen molar-refractivity contribution in [3.05, 3.63) is 53.0 Å². The number of anilines is 1. The molecule has 0 amide bonds. The van der Waals surface area contributed by atoms with E-state index in [4.69, 9.17) is 68.8 Å². The molecule has 1 aliphatic carbocycles. The molecule has 75 heavy (non-hydrogen) atoms. The third-order valence-electron chi connectivity index (χ3n) is 11.4. The van der Waals surface area contributed by atoms with Gasteiger partial charge in [-0.05, 0) is 30.4 Å². The van der Waals surface area contributed by atoms with Crippen LogP contribution in [0, 0.1) is 23.4 Å². The van der Waals surface area contributed by atoms with Crippen LogP contribution in [0.25, 0.3) is 11.0 Å². The monoisotopic (exact) mass is 1110 g/mol. The van der Waals surface area contributed by atoms with Gasteiger partial charge in [0.25, 0.3) is 0 Å². The summed E-state index contributed by atoms with van der Waals surface area (Å²) in [4.78, 5) is 41.0. The highest BCUT2D eigenvalue weighted by Gasteiger charge is 2.45. The third-order valence-corrected chi connectivity index (χ3v) is 12.1. The number of nitrogens with zero attached hydrogens (tertiary/aromatic N) is 8. The molecule has 6 rings (SSSR count). The zero-order chi connectivity index (χ0) is 53.4. The first-order valence-corrected chi connectivity index (χ1v) is 26.6. The molecule has 2 aliphatic rings. The van der Waals surface area contributed by atoms with Gasteiger partial charge in [-0.3, -0.25) is 9.36 Å². The van der Waals surface area contributed by atoms with Crippen LogP contribution in [0.4, 0.5) is 19.0 Å². The normalized spacial score (nSPS) is 18.2. The molecule has 2 fully saturated rings. The molecule has 0 unspecified atom stereocenters. The van der Waals surface area contributed by atoms with E-state index in [9.17, 15) is 32.7 Å². The number of benzene rings is 1. The second-order valence-electron chi connectivity index (χ2n) is 17.2. The molecule has 0 spiro atoms. The number of ether oxygens (including phenoxy) is 11. The summed E-state index contributed by atoms with van der Waals surface area (Å²) in [7, 11) is -4.45. The van der Waals surface area contributed by atoms with E-state index in [0.717, 1.165) is 25.7 Å². The van der Waals surface area contributed by atoms with Crippen molar-refractivity contribution in [2.24, 2.45) is 5.92 Å². The topological polar surface area (TPSA) is 294 Å². The Morgan fingerprint density at radius 2 is 1.37 bits per heavy atom. The maximum Gasteiger partial charge on any atom is 0.350 e. The van der Waals surface area contributed by atoms with Gasteiger partial charge in [0.2, 0.25) is 11.0 Å². The first-order chi connectivity index (χ1) is 36.3. The number of halogens is 4. The molecule has 0 radical (unpaired) electrons. The number of esters is 1. The number of aliphatic hydroxyl groups excluding tert-OH is 2. The second-order valence-corrected chi connectivity index (χ2v) is 19.1. The fourth-order valence-corrected chi connectivity index (χ4v) is 8.35. The fourth-order valence-electron chi connectivity index (χ4n) is 7.85. The molecular weight excluding hydrogens is 1050 g/mol. The van der Waals surface area contributed by atoms with Crippen LogP contribution < -0.4 is 9.64 Å². The maximum absolute atomic E-state index is 13.6. The zero-order valence-electron chi connectivity index (χ0n) is 41.2. The van der Waals surface area contributed by atoms with Crippen molar-refractivity contribution >= 4 is 42.0 Å². The molecule has 25 nitrogen and oxygen atoms in total. The molecule has 4 atom stereocenters. The molecular formula is C45H65ClF3N8O17P. The van der Waals surface area contributed by atoms with Crippen molar-refractivity contribution in [3.63, 3.8) is 0 Å². The Morgan fingerprint density at radius 3 is 2.00 bits per heavy atom. The average molecular weight is 1110 g/mol. The van der Waals surface area contributed by atoms with Crippen LogP contribution >= 0.6 is 19.2 Å². The fraction of sp³-hybridized carbons (Fsp3) is 0.689. The first-order valence-electron chi connectivity index (χ1n) is 24.4. The smallest absolute Gasteiger partial charge is 0.350 e. The van der Waals surface area contributed by atoms with E-state index < -0.39 is 67.7 Å². The predicted molar refractivity (Wildman–Crippen MR) is 255 cm³/mol. The number of hydrogen-bond acceptors (Lipinski definition) is 21. The van der Waals surface area contributed by atoms with E-state index in [-0.39, 0.29) is 50.4 Å². The van der Waals surface area contributed by atoms with Gasteiger partial charge in [0.15, 0.2) is 23.5 Å². The highest BCUT2D eigenvalue weighted by molar-refractivity contribution is 7.51. The van der Waals surface area contributed by atoms with E-state index in [1.165, 1.54) is 4.68 Å². The second kappa shape index (κ2) is 32.0. The van der Waals surface area contributed by atoms with Crippen LogP contribution in [-0.2, 0) is 69.9 Å². The van der Waals surface area contributed by atoms with Gasteiger partial charge in [-0.15, -0.1) is 5.10 Å². The number of aliphatic hydroxyl groups is 2. The van der Waals surface area contributed by atoms with Gasteiger partial charge < -0.3 is 77.0 Å². The number of fused-ring (bicyclic) bond motifs is 1. The van der Waals surface area contributed by atoms with Crippen molar-refractivity contribution in [2.45, 2.75) is 69.8 Å². The van der Waals surface area contributed by atoms with E-state index >= 15 is 0 Å². The van der Waals surface area contributed by atoms with E-state index in [0.29, 0.717) is 134 Å². The molecule has 1 saturated carbocycles. The lowest BCUT2D eigenvalue weighted by molar-refractivity contribution is -0.136. The summed E-state index contributed by atoms with van der Waals surface area (Å²) in [6, 6.07) is 0.834. The summed E-state index contributed by atoms with van der Waals surface area (Å²) < 4.78 is 114. The van der Waals surface area contributed by atoms with Gasteiger partial charge in [-0.25, -0.2) is 22.5 Å². The Hall–Kier alpha value is -4.07. The van der Waals surface area contributed by atoms with Gasteiger partial charge in [0.1, 0.15) is 42.0 Å². The summed E-state index contributed by atoms with van der Waals surface area (Å²) >= 11 is 6.46. The lowest BCUT2D eigenvalue weighted by Crippen LogP contribution is -2.34. The lowest BCUT2D eigenvalue weighted by atomic mass is 10.1. The summed E-state index contributed by atoms with van der Waals surface area (Å²) in [5, 5.41) is 34.6. The third kappa shape index (κ3) is 20.7. The van der Waals surface area contributed by atoms with Crippen molar-refractivity contribution in [2.75, 3.05) is 130 Å². The van der Waals surface area contributed by atoms with Crippen molar-refractivity contribution in [1.82, 2.24) is 34.7 Å². The highest BCUT2D eigenvalue weighted by atomic mass is 35.5. The number of aromatic nitrogens is 7. The van der Waals surface area contributed by atoms with E-state index in [1.54, 1.807) is 17.1 Å². The number of hydrogen-bond donors (Lipinski definition) is 4. The molecule has 1 aliphatic heterocycles. The van der Waals surface area contributed by atoms with E-state index in [1.807, 2.05) is 0 Å². The Labute approximate surface area is 434 Å². The minimum Gasteiger partial charge on any atom is -0.420 e. The summed E-state index contributed by atoms with van der Waals surface area (Å²) in [5.41, 5.74) is 0.928. The molecule has 4 N–H and O–H groups in total. The van der Waals surface area contributed by atoms with E-state index in [2.05, 4.69) is 35.0 Å². The zero-order valence-corrected chi connectivity index (χ0v) is 42.9. The minimum absolute atomic E-state index is 0.0586. The van der Waals surface area contributed by atoms with Gasteiger partial charge in [0.05, 0.1) is 143 Å². The minimum atomic E-state index is -4.45. The van der Waals surface area contributed by atoms with Crippen molar-refractivity contribution < 1.29 is 94.6 Å². The van der Waals surface area contributed by atoms with Crippen molar-refractivity contribution in [3.8, 4) is 5.75 Å². The molecule has 4 heterocycles. The summed E-state index contributed by atoms with van der Waals surface area (Å²) in [6.07, 6.45) is 1.46. The van der Waals surface area contributed by atoms with Gasteiger partial charge in [-0.2, -0.15) is 15.1 Å². The lowest BCUT2D eigenvalue weighted by Gasteiger charge is -2.27. The molecule has 1 saturated heterocycles. The standard InChI is InChI=1S/C45H65ClF3N8O17P/c46-45-51-42(34-25-50-57(43(34)52-45)44-40(60)39(59)37(73-44)29-72-30-75(61,62)63)55(26-31-3-1-2-4-31)6-9-65-12-15-68-19-20-70-21-22-71-28-33-27-56(54-53-33)7-10-66-13-16-69-18-17-67-14-11-64-8-5-38(58)74-41-35(48)23-32(47)24-36(41)49/h23-25,27,31,37,39-40,44,59-60H,1-22,26,28-30H2,(H2,61,62,63)/t37-,39-,40-,44-/m1/s1. The predicted octanol–water partition coefficient (Wildman–Crippen LogP) is 2.58. The van der Waals surface area contributed by atoms with Crippen LogP contribution in [0.2, 0.25) is 5.28 Å². The number of carbonyl (C=O) groups is 1. The van der Waals surface area contributed by atoms with Crippen LogP contribution in [0.3, 0.4) is 0 Å². The van der Waals surface area contributed by atoms with Crippen LogP contribution in [0.1, 0.15) is 44.0 Å². The largest absolute Gasteiger partial charge is 0.420 e. The quantitative estimate of drug-likeness (QED) is 0.0165. The summed E-state index contributed by atoms with van der Waals surface area (Å²) in [5.74, 6) is -4.67. The molecule has 0 bridgehead atoms. The van der Waals surface area contributed by atoms with Gasteiger partial charge in [-0.1, -0.05) is 18.1 Å². The molecule has 3 aromatic heterocycles. The number of carbonyl (C=O) groups excluding carboxylic acids is 1. The SMILES string of the molecule is O=C(CCOCCOCCOCCOCCn1cc(COCCOCCOCCOCCN(CC2CCCC2)c2nc(Cl)nc3c2cnn3[C@@H]2O[C@H](COCP(=O)(O)O)[C@@H](O)[C@H]2O)nn1)Oc1c(F)cc(F)cc1F. The average Bonchev–Trinajstić information content (AvgIpc) is 4.20. The Balaban J connectivity index is 0.748. The van der Waals surface area contributed by atoms with Crippen LogP contribution in [0.15, 0.2) is 24.5 Å². The van der Waals surface area contributed by atoms with Crippen LogP contribution in [0.5, 0.6) is 5.75 Å². The highest BCUT2D eigenvalue weighted by Crippen LogP contribution is 2.37. The Morgan fingerprint density at radius 1 is 0.787 bits per heavy atom. The summed E-state index contributed by atoms with van der Waals surface area (Å²) in [6.45, 7) is 6.20. The van der Waals surface area contributed by atoms with Gasteiger partial charge in [0, 0.05) is 25.2 Å². The number of rotatable bonds is 38.